The van der Waals surface area contributed by atoms with Crippen LogP contribution in [0, 0.1) is 0 Å². The van der Waals surface area contributed by atoms with Crippen molar-refractivity contribution in [3.05, 3.63) is 94.2 Å². The van der Waals surface area contributed by atoms with Crippen LogP contribution in [0.1, 0.15) is 29.7 Å². The van der Waals surface area contributed by atoms with E-state index >= 15 is 0 Å². The summed E-state index contributed by atoms with van der Waals surface area (Å²) >= 11 is 3.51. The maximum Gasteiger partial charge on any atom is 0.244 e. The van der Waals surface area contributed by atoms with Crippen LogP contribution in [-0.4, -0.2) is 15.7 Å². The molecule has 0 unspecified atom stereocenters. The Labute approximate surface area is 161 Å². The second-order valence-electron chi connectivity index (χ2n) is 6.04. The van der Waals surface area contributed by atoms with Gasteiger partial charge < -0.3 is 5.32 Å². The van der Waals surface area contributed by atoms with Crippen molar-refractivity contribution in [2.24, 2.45) is 0 Å². The molecular weight excluding hydrogens is 390 g/mol. The molecule has 132 valence electrons. The third kappa shape index (κ3) is 4.92. The topological polar surface area (TPSA) is 46.9 Å². The molecule has 0 fully saturated rings. The van der Waals surface area contributed by atoms with E-state index in [1.54, 1.807) is 12.3 Å². The lowest BCUT2D eigenvalue weighted by Crippen LogP contribution is -2.24. The molecule has 3 rings (SSSR count). The molecule has 26 heavy (non-hydrogen) atoms. The van der Waals surface area contributed by atoms with E-state index in [0.29, 0.717) is 6.54 Å². The average Bonchev–Trinajstić information content (AvgIpc) is 3.08. The number of carbonyl (C=O) groups is 1. The molecule has 4 nitrogen and oxygen atoms in total. The summed E-state index contributed by atoms with van der Waals surface area (Å²) in [6.07, 6.45) is 6.99. The zero-order valence-corrected chi connectivity index (χ0v) is 16.1. The van der Waals surface area contributed by atoms with Crippen molar-refractivity contribution in [3.63, 3.8) is 0 Å². The molecule has 1 N–H and O–H groups in total. The lowest BCUT2D eigenvalue weighted by atomic mass is 10.1. The predicted molar refractivity (Wildman–Crippen MR) is 108 cm³/mol. The highest BCUT2D eigenvalue weighted by atomic mass is 79.9. The first-order chi connectivity index (χ1) is 12.6. The van der Waals surface area contributed by atoms with Gasteiger partial charge in [-0.05, 0) is 30.2 Å². The Morgan fingerprint density at radius 3 is 2.69 bits per heavy atom. The Morgan fingerprint density at radius 1 is 1.19 bits per heavy atom. The van der Waals surface area contributed by atoms with Crippen molar-refractivity contribution >= 4 is 27.9 Å². The molecule has 1 aromatic heterocycles. The number of hydrogen-bond acceptors (Lipinski definition) is 2. The largest absolute Gasteiger partial charge is 0.346 e. The molecule has 0 saturated carbocycles. The van der Waals surface area contributed by atoms with Crippen LogP contribution in [0.2, 0.25) is 0 Å². The van der Waals surface area contributed by atoms with Crippen molar-refractivity contribution in [1.29, 1.82) is 0 Å². The Bertz CT molecular complexity index is 902. The molecule has 0 saturated heterocycles. The molecule has 1 amide bonds. The monoisotopic (exact) mass is 409 g/mol. The quantitative estimate of drug-likeness (QED) is 0.605. The molecule has 0 bridgehead atoms. The summed E-state index contributed by atoms with van der Waals surface area (Å²) in [5, 5.41) is 7.31. The average molecular weight is 410 g/mol. The van der Waals surface area contributed by atoms with Gasteiger partial charge in [0.2, 0.25) is 5.91 Å². The summed E-state index contributed by atoms with van der Waals surface area (Å²) in [6.45, 7) is 2.67. The molecule has 0 spiro atoms. The van der Waals surface area contributed by atoms with Crippen molar-refractivity contribution in [2.45, 2.75) is 19.5 Å². The number of rotatable bonds is 6. The fourth-order valence-corrected chi connectivity index (χ4v) is 3.29. The number of benzene rings is 2. The molecule has 2 aromatic carbocycles. The Hall–Kier alpha value is -2.66. The van der Waals surface area contributed by atoms with Gasteiger partial charge in [-0.15, -0.1) is 0 Å². The zero-order chi connectivity index (χ0) is 18.4. The van der Waals surface area contributed by atoms with Gasteiger partial charge in [-0.2, -0.15) is 5.10 Å². The minimum atomic E-state index is -0.135. The smallest absolute Gasteiger partial charge is 0.244 e. The van der Waals surface area contributed by atoms with Gasteiger partial charge in [0.15, 0.2) is 0 Å². The first-order valence-electron chi connectivity index (χ1n) is 8.41. The van der Waals surface area contributed by atoms with Crippen LogP contribution in [-0.2, 0) is 11.3 Å². The highest BCUT2D eigenvalue weighted by Crippen LogP contribution is 2.22. The number of amides is 1. The van der Waals surface area contributed by atoms with Crippen LogP contribution in [0.3, 0.4) is 0 Å². The van der Waals surface area contributed by atoms with Crippen molar-refractivity contribution in [2.75, 3.05) is 0 Å². The van der Waals surface area contributed by atoms with E-state index in [1.807, 2.05) is 60.3 Å². The first kappa shape index (κ1) is 18.1. The summed E-state index contributed by atoms with van der Waals surface area (Å²) in [7, 11) is 0. The minimum Gasteiger partial charge on any atom is -0.346 e. The van der Waals surface area contributed by atoms with Crippen molar-refractivity contribution < 1.29 is 4.79 Å². The van der Waals surface area contributed by atoms with Gasteiger partial charge in [0.1, 0.15) is 0 Å². The Morgan fingerprint density at radius 2 is 1.92 bits per heavy atom. The molecule has 0 radical (unpaired) electrons. The third-order valence-corrected chi connectivity index (χ3v) is 4.72. The molecule has 0 aliphatic rings. The van der Waals surface area contributed by atoms with E-state index in [1.165, 1.54) is 11.6 Å². The van der Waals surface area contributed by atoms with Gasteiger partial charge in [-0.3, -0.25) is 9.48 Å². The fraction of sp³-hybridized carbons (Fsp3) is 0.143. The molecule has 1 atom stereocenters. The standard InChI is InChI=1S/C21H20BrN3O/c1-16(19-9-5-6-10-20(19)22)24-21(26)12-11-18-13-23-25(15-18)14-17-7-3-2-4-8-17/h2-13,15-16H,14H2,1H3,(H,24,26)/b12-11+/t16-/m0/s1. The number of nitrogens with one attached hydrogen (secondary N) is 1. The van der Waals surface area contributed by atoms with Crippen LogP contribution in [0.4, 0.5) is 0 Å². The van der Waals surface area contributed by atoms with Crippen LogP contribution in [0.5, 0.6) is 0 Å². The lowest BCUT2D eigenvalue weighted by molar-refractivity contribution is -0.117. The highest BCUT2D eigenvalue weighted by molar-refractivity contribution is 9.10. The van der Waals surface area contributed by atoms with Gasteiger partial charge in [0.05, 0.1) is 18.8 Å². The highest BCUT2D eigenvalue weighted by Gasteiger charge is 2.10. The third-order valence-electron chi connectivity index (χ3n) is 4.00. The lowest BCUT2D eigenvalue weighted by Gasteiger charge is -2.14. The maximum atomic E-state index is 12.2. The number of nitrogens with zero attached hydrogens (tertiary/aromatic N) is 2. The van der Waals surface area contributed by atoms with Crippen molar-refractivity contribution in [3.8, 4) is 0 Å². The van der Waals surface area contributed by atoms with Gasteiger partial charge in [-0.25, -0.2) is 0 Å². The molecule has 3 aromatic rings. The first-order valence-corrected chi connectivity index (χ1v) is 9.20. The van der Waals surface area contributed by atoms with Gasteiger partial charge in [0, 0.05) is 22.3 Å². The van der Waals surface area contributed by atoms with E-state index in [0.717, 1.165) is 15.6 Å². The number of aromatic nitrogens is 2. The fourth-order valence-electron chi connectivity index (χ4n) is 2.66. The molecule has 0 aliphatic carbocycles. The van der Waals surface area contributed by atoms with Crippen molar-refractivity contribution in [1.82, 2.24) is 15.1 Å². The molecule has 0 aliphatic heterocycles. The van der Waals surface area contributed by atoms with Crippen LogP contribution in [0.25, 0.3) is 6.08 Å². The minimum absolute atomic E-state index is 0.0801. The van der Waals surface area contributed by atoms with Crippen LogP contribution < -0.4 is 5.32 Å². The van der Waals surface area contributed by atoms with Crippen LogP contribution in [0.15, 0.2) is 77.5 Å². The summed E-state index contributed by atoms with van der Waals surface area (Å²) in [5.41, 5.74) is 3.13. The van der Waals surface area contributed by atoms with Crippen LogP contribution >= 0.6 is 15.9 Å². The molecule has 5 heteroatoms. The Balaban J connectivity index is 1.58. The maximum absolute atomic E-state index is 12.2. The summed E-state index contributed by atoms with van der Waals surface area (Å²) in [5.74, 6) is -0.135. The molecular formula is C21H20BrN3O. The second-order valence-corrected chi connectivity index (χ2v) is 6.90. The van der Waals surface area contributed by atoms with E-state index < -0.39 is 0 Å². The van der Waals surface area contributed by atoms with Gasteiger partial charge in [-0.1, -0.05) is 64.5 Å². The van der Waals surface area contributed by atoms with E-state index in [4.69, 9.17) is 0 Å². The zero-order valence-electron chi connectivity index (χ0n) is 14.5. The van der Waals surface area contributed by atoms with E-state index in [-0.39, 0.29) is 11.9 Å². The number of hydrogen-bond donors (Lipinski definition) is 1. The second kappa shape index (κ2) is 8.63. The Kier molecular flexibility index (Phi) is 6.02. The normalized spacial score (nSPS) is 12.2. The summed E-state index contributed by atoms with van der Waals surface area (Å²) in [6, 6.07) is 17.9. The number of halogens is 1. The van der Waals surface area contributed by atoms with Gasteiger partial charge in [0.25, 0.3) is 0 Å². The van der Waals surface area contributed by atoms with E-state index in [9.17, 15) is 4.79 Å². The van der Waals surface area contributed by atoms with Gasteiger partial charge >= 0.3 is 0 Å². The molecule has 1 heterocycles. The number of carbonyl (C=O) groups excluding carboxylic acids is 1. The van der Waals surface area contributed by atoms with E-state index in [2.05, 4.69) is 38.5 Å². The summed E-state index contributed by atoms with van der Waals surface area (Å²) in [4.78, 5) is 12.2. The summed E-state index contributed by atoms with van der Waals surface area (Å²) < 4.78 is 2.84. The SMILES string of the molecule is C[C@H](NC(=O)/C=C/c1cnn(Cc2ccccc2)c1)c1ccccc1Br. The predicted octanol–water partition coefficient (Wildman–Crippen LogP) is 4.58.